The summed E-state index contributed by atoms with van der Waals surface area (Å²) in [6, 6.07) is -3.91. The number of hydrogen-bond donors (Lipinski definition) is 8. The van der Waals surface area contributed by atoms with Crippen LogP contribution in [-0.4, -0.2) is 86.9 Å². The molecule has 1 rings (SSSR count). The first-order valence-electron chi connectivity index (χ1n) is 7.83. The van der Waals surface area contributed by atoms with E-state index in [4.69, 9.17) is 15.9 Å². The minimum absolute atomic E-state index is 0.0422. The number of aliphatic hydroxyl groups is 2. The summed E-state index contributed by atoms with van der Waals surface area (Å²) in [5.41, 5.74) is 5.81. The van der Waals surface area contributed by atoms with E-state index in [9.17, 15) is 24.3 Å². The Labute approximate surface area is 153 Å². The van der Waals surface area contributed by atoms with Gasteiger partial charge < -0.3 is 42.0 Å². The van der Waals surface area contributed by atoms with Crippen LogP contribution in [0.15, 0.2) is 12.5 Å². The second-order valence-electron chi connectivity index (χ2n) is 5.49. The molecule has 1 aromatic rings. The lowest BCUT2D eigenvalue weighted by Crippen LogP contribution is -2.58. The summed E-state index contributed by atoms with van der Waals surface area (Å²) in [5, 5.41) is 33.4. The number of carbonyl (C=O) groups excluding carboxylic acids is 3. The van der Waals surface area contributed by atoms with Gasteiger partial charge >= 0.3 is 5.97 Å². The summed E-state index contributed by atoms with van der Waals surface area (Å²) in [4.78, 5) is 53.2. The molecular weight excluding hydrogens is 364 g/mol. The van der Waals surface area contributed by atoms with Gasteiger partial charge in [-0.2, -0.15) is 0 Å². The number of aliphatic carboxylic acids is 1. The number of aromatic nitrogens is 2. The first-order valence-corrected chi connectivity index (χ1v) is 7.83. The Morgan fingerprint density at radius 2 is 1.74 bits per heavy atom. The van der Waals surface area contributed by atoms with Crippen LogP contribution in [0.2, 0.25) is 0 Å². The maximum atomic E-state index is 12.3. The minimum atomic E-state index is -1.42. The van der Waals surface area contributed by atoms with E-state index >= 15 is 0 Å². The van der Waals surface area contributed by atoms with E-state index in [1.165, 1.54) is 12.5 Å². The van der Waals surface area contributed by atoms with Crippen molar-refractivity contribution in [1.82, 2.24) is 25.9 Å². The van der Waals surface area contributed by atoms with Crippen molar-refractivity contribution in [2.24, 2.45) is 5.73 Å². The topological polar surface area (TPSA) is 220 Å². The van der Waals surface area contributed by atoms with Crippen molar-refractivity contribution in [3.05, 3.63) is 18.2 Å². The molecule has 0 aromatic carbocycles. The van der Waals surface area contributed by atoms with Crippen LogP contribution in [0.5, 0.6) is 0 Å². The first kappa shape index (κ1) is 22.0. The average molecular weight is 386 g/mol. The highest BCUT2D eigenvalue weighted by molar-refractivity contribution is 5.93. The van der Waals surface area contributed by atoms with E-state index in [0.29, 0.717) is 5.69 Å². The van der Waals surface area contributed by atoms with Crippen molar-refractivity contribution in [2.75, 3.05) is 19.8 Å². The van der Waals surface area contributed by atoms with Gasteiger partial charge in [-0.15, -0.1) is 0 Å². The van der Waals surface area contributed by atoms with Crippen molar-refractivity contribution in [3.8, 4) is 0 Å². The molecule has 3 amide bonds. The number of H-pyrrole nitrogens is 1. The average Bonchev–Trinajstić information content (AvgIpc) is 3.15. The summed E-state index contributed by atoms with van der Waals surface area (Å²) in [7, 11) is 0. The van der Waals surface area contributed by atoms with Crippen LogP contribution in [0.25, 0.3) is 0 Å². The van der Waals surface area contributed by atoms with E-state index in [2.05, 4.69) is 25.9 Å². The van der Waals surface area contributed by atoms with Gasteiger partial charge in [0.05, 0.1) is 19.5 Å². The van der Waals surface area contributed by atoms with Crippen LogP contribution >= 0.6 is 0 Å². The maximum absolute atomic E-state index is 12.3. The molecule has 3 unspecified atom stereocenters. The van der Waals surface area contributed by atoms with E-state index < -0.39 is 61.6 Å². The number of aromatic amines is 1. The zero-order valence-corrected chi connectivity index (χ0v) is 14.2. The van der Waals surface area contributed by atoms with Crippen LogP contribution in [0.1, 0.15) is 5.69 Å². The Morgan fingerprint density at radius 1 is 1.07 bits per heavy atom. The van der Waals surface area contributed by atoms with Crippen molar-refractivity contribution < 1.29 is 34.5 Å². The fraction of sp³-hybridized carbons (Fsp3) is 0.500. The number of amides is 3. The number of aliphatic hydroxyl groups excluding tert-OH is 2. The number of nitrogens with zero attached hydrogens (tertiary/aromatic N) is 1. The molecule has 0 aliphatic rings. The van der Waals surface area contributed by atoms with Gasteiger partial charge in [-0.05, 0) is 0 Å². The van der Waals surface area contributed by atoms with Crippen molar-refractivity contribution in [2.45, 2.75) is 24.5 Å². The first-order chi connectivity index (χ1) is 12.8. The van der Waals surface area contributed by atoms with Crippen LogP contribution in [0.4, 0.5) is 0 Å². The van der Waals surface area contributed by atoms with Gasteiger partial charge in [-0.25, -0.2) is 4.98 Å². The molecule has 0 fully saturated rings. The highest BCUT2D eigenvalue weighted by Crippen LogP contribution is 2.00. The van der Waals surface area contributed by atoms with E-state index in [1.807, 2.05) is 0 Å². The Kier molecular flexibility index (Phi) is 8.84. The molecule has 1 aromatic heterocycles. The van der Waals surface area contributed by atoms with Gasteiger partial charge in [0.1, 0.15) is 24.7 Å². The fourth-order valence-electron chi connectivity index (χ4n) is 1.94. The normalized spacial score (nSPS) is 13.9. The third-order valence-corrected chi connectivity index (χ3v) is 3.37. The second kappa shape index (κ2) is 10.8. The van der Waals surface area contributed by atoms with Gasteiger partial charge in [0.2, 0.25) is 17.7 Å². The lowest BCUT2D eigenvalue weighted by molar-refractivity contribution is -0.138. The molecule has 0 aliphatic heterocycles. The van der Waals surface area contributed by atoms with Crippen LogP contribution in [-0.2, 0) is 25.6 Å². The van der Waals surface area contributed by atoms with Crippen molar-refractivity contribution in [3.63, 3.8) is 0 Å². The fourth-order valence-corrected chi connectivity index (χ4v) is 1.94. The largest absolute Gasteiger partial charge is 0.480 e. The third-order valence-electron chi connectivity index (χ3n) is 3.37. The number of carboxylic acids is 1. The van der Waals surface area contributed by atoms with Gasteiger partial charge in [0.15, 0.2) is 0 Å². The van der Waals surface area contributed by atoms with Crippen molar-refractivity contribution in [1.29, 1.82) is 0 Å². The molecule has 150 valence electrons. The van der Waals surface area contributed by atoms with Crippen LogP contribution in [0, 0.1) is 0 Å². The number of carboxylic acid groups (broad SMARTS) is 1. The predicted octanol–water partition coefficient (Wildman–Crippen LogP) is -4.57. The third kappa shape index (κ3) is 7.39. The number of nitrogens with two attached hydrogens (primary N) is 1. The van der Waals surface area contributed by atoms with E-state index in [1.54, 1.807) is 0 Å². The van der Waals surface area contributed by atoms with Crippen LogP contribution < -0.4 is 21.7 Å². The lowest BCUT2D eigenvalue weighted by Gasteiger charge is -2.22. The van der Waals surface area contributed by atoms with Gasteiger partial charge in [0, 0.05) is 18.3 Å². The predicted molar refractivity (Wildman–Crippen MR) is 88.9 cm³/mol. The van der Waals surface area contributed by atoms with Gasteiger partial charge in [-0.1, -0.05) is 0 Å². The van der Waals surface area contributed by atoms with E-state index in [0.717, 1.165) is 0 Å². The number of carbonyl (C=O) groups is 4. The molecule has 13 nitrogen and oxygen atoms in total. The summed E-state index contributed by atoms with van der Waals surface area (Å²) in [6.07, 6.45) is 2.73. The molecule has 0 spiro atoms. The number of rotatable bonds is 11. The smallest absolute Gasteiger partial charge is 0.322 e. The van der Waals surface area contributed by atoms with Gasteiger partial charge in [0.25, 0.3) is 0 Å². The molecule has 1 heterocycles. The Bertz CT molecular complexity index is 650. The summed E-state index contributed by atoms with van der Waals surface area (Å²) in [5.74, 6) is -3.82. The number of imidazole rings is 1. The highest BCUT2D eigenvalue weighted by Gasteiger charge is 2.28. The quantitative estimate of drug-likeness (QED) is 0.183. The monoisotopic (exact) mass is 386 g/mol. The Hall–Kier alpha value is -3.03. The zero-order valence-electron chi connectivity index (χ0n) is 14.2. The summed E-state index contributed by atoms with van der Waals surface area (Å²) in [6.45, 7) is -2.10. The van der Waals surface area contributed by atoms with Crippen molar-refractivity contribution >= 4 is 23.7 Å². The SMILES string of the molecule is NC(CO)C(=O)NC(CO)C(=O)NC(Cc1cnc[nH]1)C(=O)NCC(=O)O. The maximum Gasteiger partial charge on any atom is 0.322 e. The number of hydrogen-bond acceptors (Lipinski definition) is 8. The molecule has 0 bridgehead atoms. The van der Waals surface area contributed by atoms with E-state index in [-0.39, 0.29) is 6.42 Å². The molecule has 27 heavy (non-hydrogen) atoms. The molecule has 0 saturated carbocycles. The highest BCUT2D eigenvalue weighted by atomic mass is 16.4. The molecule has 0 saturated heterocycles. The molecule has 0 radical (unpaired) electrons. The van der Waals surface area contributed by atoms with Crippen LogP contribution in [0.3, 0.4) is 0 Å². The lowest BCUT2D eigenvalue weighted by atomic mass is 10.1. The Balaban J connectivity index is 2.81. The molecule has 9 N–H and O–H groups in total. The molecule has 0 aliphatic carbocycles. The zero-order chi connectivity index (χ0) is 20.4. The number of nitrogens with one attached hydrogen (secondary N) is 4. The molecular formula is C14H22N6O7. The summed E-state index contributed by atoms with van der Waals surface area (Å²) < 4.78 is 0. The Morgan fingerprint density at radius 3 is 2.26 bits per heavy atom. The molecule has 13 heteroatoms. The summed E-state index contributed by atoms with van der Waals surface area (Å²) >= 11 is 0. The standard InChI is InChI=1S/C14H22N6O7/c15-8(4-21)12(25)20-10(5-22)14(27)19-9(1-7-2-16-6-18-7)13(26)17-3-11(23)24/h2,6,8-10,21-22H,1,3-5,15H2,(H,16,18)(H,17,26)(H,19,27)(H,20,25)(H,23,24). The second-order valence-corrected chi connectivity index (χ2v) is 5.49. The van der Waals surface area contributed by atoms with Gasteiger partial charge in [-0.3, -0.25) is 19.2 Å². The molecule has 3 atom stereocenters. The minimum Gasteiger partial charge on any atom is -0.480 e.